The Bertz CT molecular complexity index is 1660. The molecular formula is C27H21ClN4O2S2. The van der Waals surface area contributed by atoms with E-state index in [0.29, 0.717) is 31.9 Å². The van der Waals surface area contributed by atoms with Crippen LogP contribution in [0.4, 0.5) is 5.13 Å². The Hall–Kier alpha value is -3.46. The largest absolute Gasteiger partial charge is 0.301 e. The predicted molar refractivity (Wildman–Crippen MR) is 149 cm³/mol. The van der Waals surface area contributed by atoms with Gasteiger partial charge in [0.2, 0.25) is 5.91 Å². The van der Waals surface area contributed by atoms with Crippen LogP contribution in [0.2, 0.25) is 5.02 Å². The maximum atomic E-state index is 13.5. The van der Waals surface area contributed by atoms with Gasteiger partial charge < -0.3 is 5.32 Å². The van der Waals surface area contributed by atoms with Gasteiger partial charge in [-0.25, -0.2) is 9.97 Å². The van der Waals surface area contributed by atoms with Crippen molar-refractivity contribution in [3.8, 4) is 16.9 Å². The van der Waals surface area contributed by atoms with Crippen LogP contribution in [0.25, 0.3) is 27.8 Å². The van der Waals surface area contributed by atoms with E-state index in [1.165, 1.54) is 23.1 Å². The van der Waals surface area contributed by atoms with E-state index < -0.39 is 0 Å². The van der Waals surface area contributed by atoms with Gasteiger partial charge in [-0.2, -0.15) is 0 Å². The summed E-state index contributed by atoms with van der Waals surface area (Å²) in [4.78, 5) is 35.5. The zero-order valence-electron chi connectivity index (χ0n) is 19.5. The number of amides is 1. The van der Waals surface area contributed by atoms with Crippen LogP contribution < -0.4 is 10.9 Å². The second kappa shape index (κ2) is 10.3. The van der Waals surface area contributed by atoms with Crippen molar-refractivity contribution in [3.63, 3.8) is 0 Å². The van der Waals surface area contributed by atoms with Gasteiger partial charge >= 0.3 is 0 Å². The molecule has 0 radical (unpaired) electrons. The average Bonchev–Trinajstić information content (AvgIpc) is 3.33. The van der Waals surface area contributed by atoms with E-state index in [4.69, 9.17) is 16.6 Å². The Morgan fingerprint density at radius 3 is 2.64 bits per heavy atom. The number of thiazole rings is 1. The minimum Gasteiger partial charge on any atom is -0.301 e. The molecule has 0 atom stereocenters. The second-order valence-corrected chi connectivity index (χ2v) is 10.3. The van der Waals surface area contributed by atoms with Crippen molar-refractivity contribution in [2.75, 3.05) is 11.1 Å². The van der Waals surface area contributed by atoms with Crippen LogP contribution >= 0.6 is 34.7 Å². The van der Waals surface area contributed by atoms with Crippen LogP contribution in [-0.4, -0.2) is 26.2 Å². The molecule has 2 aromatic heterocycles. The fourth-order valence-corrected chi connectivity index (χ4v) is 5.57. The zero-order chi connectivity index (χ0) is 25.2. The summed E-state index contributed by atoms with van der Waals surface area (Å²) in [6, 6.07) is 20.5. The topological polar surface area (TPSA) is 76.9 Å². The van der Waals surface area contributed by atoms with Crippen molar-refractivity contribution in [1.82, 2.24) is 14.5 Å². The minimum atomic E-state index is -0.241. The Kier molecular flexibility index (Phi) is 6.91. The summed E-state index contributed by atoms with van der Waals surface area (Å²) in [6.07, 6.45) is 0. The number of nitrogens with zero attached hydrogens (tertiary/aromatic N) is 3. The Morgan fingerprint density at radius 2 is 1.81 bits per heavy atom. The highest BCUT2D eigenvalue weighted by molar-refractivity contribution is 7.99. The first-order chi connectivity index (χ1) is 17.4. The Labute approximate surface area is 221 Å². The second-order valence-electron chi connectivity index (χ2n) is 8.13. The molecule has 0 saturated heterocycles. The first kappa shape index (κ1) is 24.2. The molecule has 1 N–H and O–H groups in total. The number of hydrogen-bond acceptors (Lipinski definition) is 6. The van der Waals surface area contributed by atoms with Gasteiger partial charge in [-0.1, -0.05) is 65.8 Å². The van der Waals surface area contributed by atoms with Gasteiger partial charge in [0.1, 0.15) is 0 Å². The van der Waals surface area contributed by atoms with Crippen LogP contribution in [0, 0.1) is 13.8 Å². The highest BCUT2D eigenvalue weighted by Crippen LogP contribution is 2.30. The minimum absolute atomic E-state index is 0.0661. The first-order valence-electron chi connectivity index (χ1n) is 11.1. The van der Waals surface area contributed by atoms with Gasteiger partial charge in [-0.15, -0.1) is 11.3 Å². The molecule has 5 rings (SSSR count). The monoisotopic (exact) mass is 532 g/mol. The molecular weight excluding hydrogens is 512 g/mol. The number of fused-ring (bicyclic) bond motifs is 1. The first-order valence-corrected chi connectivity index (χ1v) is 13.4. The van der Waals surface area contributed by atoms with Crippen LogP contribution in [0.15, 0.2) is 82.1 Å². The molecule has 3 aromatic carbocycles. The smallest absolute Gasteiger partial charge is 0.266 e. The molecule has 0 aliphatic heterocycles. The number of thioether (sulfide) groups is 1. The summed E-state index contributed by atoms with van der Waals surface area (Å²) in [7, 11) is 0. The molecule has 0 bridgehead atoms. The van der Waals surface area contributed by atoms with Crippen LogP contribution in [-0.2, 0) is 4.79 Å². The number of para-hydroxylation sites is 1. The molecule has 0 spiro atoms. The standard InChI is InChI=1S/C27H21ClN4O2S2/c1-16-8-7-13-23(17(16)2)32-25(34)19-10-4-6-12-21(19)30-27(32)36-15-24(33)31-26-29-22(14-35-26)18-9-3-5-11-20(18)28/h3-14H,15H2,1-2H3,(H,29,31,33). The molecule has 1 amide bonds. The van der Waals surface area contributed by atoms with Crippen LogP contribution in [0.3, 0.4) is 0 Å². The number of nitrogens with one attached hydrogen (secondary N) is 1. The number of aromatic nitrogens is 3. The van der Waals surface area contributed by atoms with Crippen LogP contribution in [0.1, 0.15) is 11.1 Å². The highest BCUT2D eigenvalue weighted by atomic mass is 35.5. The van der Waals surface area contributed by atoms with Gasteiger partial charge in [0.05, 0.1) is 28.0 Å². The van der Waals surface area contributed by atoms with E-state index >= 15 is 0 Å². The van der Waals surface area contributed by atoms with Crippen molar-refractivity contribution in [2.45, 2.75) is 19.0 Å². The summed E-state index contributed by atoms with van der Waals surface area (Å²) in [5, 5.41) is 6.76. The lowest BCUT2D eigenvalue weighted by Crippen LogP contribution is -2.23. The molecule has 0 unspecified atom stereocenters. The molecule has 0 aliphatic rings. The number of carbonyl (C=O) groups excluding carboxylic acids is 1. The maximum Gasteiger partial charge on any atom is 0.266 e. The third-order valence-corrected chi connectivity index (χ3v) is 7.82. The molecule has 5 aromatic rings. The number of carbonyl (C=O) groups is 1. The Balaban J connectivity index is 1.42. The number of anilines is 1. The molecule has 6 nitrogen and oxygen atoms in total. The van der Waals surface area contributed by atoms with Gasteiger partial charge in [-0.05, 0) is 49.2 Å². The summed E-state index contributed by atoms with van der Waals surface area (Å²) < 4.78 is 1.60. The van der Waals surface area contributed by atoms with Crippen LogP contribution in [0.5, 0.6) is 0 Å². The number of halogens is 1. The normalized spacial score (nSPS) is 11.1. The molecule has 9 heteroatoms. The molecule has 0 aliphatic carbocycles. The lowest BCUT2D eigenvalue weighted by atomic mass is 10.1. The van der Waals surface area contributed by atoms with E-state index in [-0.39, 0.29) is 17.2 Å². The summed E-state index contributed by atoms with van der Waals surface area (Å²) in [5.41, 5.74) is 4.75. The molecule has 0 saturated carbocycles. The summed E-state index contributed by atoms with van der Waals surface area (Å²) >= 11 is 8.81. The molecule has 180 valence electrons. The van der Waals surface area contributed by atoms with Crippen molar-refractivity contribution < 1.29 is 4.79 Å². The zero-order valence-corrected chi connectivity index (χ0v) is 21.9. The quantitative estimate of drug-likeness (QED) is 0.199. The lowest BCUT2D eigenvalue weighted by Gasteiger charge is -2.16. The number of aryl methyl sites for hydroxylation is 1. The van der Waals surface area contributed by atoms with Crippen molar-refractivity contribution in [1.29, 1.82) is 0 Å². The van der Waals surface area contributed by atoms with Gasteiger partial charge in [0, 0.05) is 16.0 Å². The van der Waals surface area contributed by atoms with Crippen molar-refractivity contribution in [3.05, 3.63) is 98.6 Å². The van der Waals surface area contributed by atoms with Crippen molar-refractivity contribution in [2.24, 2.45) is 0 Å². The van der Waals surface area contributed by atoms with E-state index in [2.05, 4.69) is 10.3 Å². The van der Waals surface area contributed by atoms with E-state index in [1.54, 1.807) is 22.8 Å². The number of hydrogen-bond donors (Lipinski definition) is 1. The fourth-order valence-electron chi connectivity index (χ4n) is 3.81. The molecule has 0 fully saturated rings. The molecule has 36 heavy (non-hydrogen) atoms. The predicted octanol–water partition coefficient (Wildman–Crippen LogP) is 6.51. The van der Waals surface area contributed by atoms with Gasteiger partial charge in [0.15, 0.2) is 10.3 Å². The van der Waals surface area contributed by atoms with Gasteiger partial charge in [0.25, 0.3) is 5.56 Å². The van der Waals surface area contributed by atoms with E-state index in [0.717, 1.165) is 22.4 Å². The third kappa shape index (κ3) is 4.80. The average molecular weight is 533 g/mol. The maximum absolute atomic E-state index is 13.5. The lowest BCUT2D eigenvalue weighted by molar-refractivity contribution is -0.113. The number of rotatable bonds is 6. The molecule has 2 heterocycles. The summed E-state index contributed by atoms with van der Waals surface area (Å²) in [6.45, 7) is 3.98. The Morgan fingerprint density at radius 1 is 1.03 bits per heavy atom. The number of benzene rings is 3. The van der Waals surface area contributed by atoms with Gasteiger partial charge in [-0.3, -0.25) is 14.2 Å². The fraction of sp³-hybridized carbons (Fsp3) is 0.111. The highest BCUT2D eigenvalue weighted by Gasteiger charge is 2.17. The SMILES string of the molecule is Cc1cccc(-n2c(SCC(=O)Nc3nc(-c4ccccc4Cl)cs3)nc3ccccc3c2=O)c1C. The summed E-state index contributed by atoms with van der Waals surface area (Å²) in [5.74, 6) is -0.175. The third-order valence-electron chi connectivity index (χ3n) is 5.79. The van der Waals surface area contributed by atoms with E-state index in [1.807, 2.05) is 67.8 Å². The van der Waals surface area contributed by atoms with E-state index in [9.17, 15) is 9.59 Å². The van der Waals surface area contributed by atoms with Crippen molar-refractivity contribution >= 4 is 56.6 Å².